The van der Waals surface area contributed by atoms with Crippen LogP contribution in [0.3, 0.4) is 0 Å². The van der Waals surface area contributed by atoms with Gasteiger partial charge in [-0.15, -0.1) is 0 Å². The van der Waals surface area contributed by atoms with Crippen LogP contribution in [0.1, 0.15) is 10.4 Å². The maximum Gasteiger partial charge on any atom is 0.338 e. The standard InChI is InChI=1S/C12H13FN2O4S/c13-10-2-1-8(7-9(10)11(16)17)20(19)6-5-15-4-3-14-12(15)18/h1-2,7H,3-6H2,(H,14,18)(H,16,17). The average Bonchev–Trinajstić information content (AvgIpc) is 2.81. The molecular formula is C12H13FN2O4S. The van der Waals surface area contributed by atoms with Crippen LogP contribution in [-0.4, -0.2) is 51.6 Å². The van der Waals surface area contributed by atoms with Gasteiger partial charge in [0, 0.05) is 30.3 Å². The first-order valence-corrected chi connectivity index (χ1v) is 7.25. The SMILES string of the molecule is O=C(O)c1cc(S(=O)CCN2CCNC2=O)ccc1F. The summed E-state index contributed by atoms with van der Waals surface area (Å²) in [6.45, 7) is 1.42. The van der Waals surface area contributed by atoms with Gasteiger partial charge in [0.25, 0.3) is 0 Å². The molecule has 1 atom stereocenters. The molecule has 2 amide bonds. The summed E-state index contributed by atoms with van der Waals surface area (Å²) in [7, 11) is -1.48. The van der Waals surface area contributed by atoms with Crippen molar-refractivity contribution in [3.8, 4) is 0 Å². The Bertz CT molecular complexity index is 579. The Kier molecular flexibility index (Phi) is 4.33. The molecule has 0 aliphatic carbocycles. The lowest BCUT2D eigenvalue weighted by Crippen LogP contribution is -2.31. The third-order valence-electron chi connectivity index (χ3n) is 2.92. The highest BCUT2D eigenvalue weighted by Crippen LogP contribution is 2.14. The van der Waals surface area contributed by atoms with Crippen molar-refractivity contribution in [3.05, 3.63) is 29.6 Å². The number of hydrogen-bond acceptors (Lipinski definition) is 3. The Balaban J connectivity index is 2.04. The highest BCUT2D eigenvalue weighted by Gasteiger charge is 2.20. The molecule has 1 unspecified atom stereocenters. The quantitative estimate of drug-likeness (QED) is 0.836. The molecule has 0 aromatic heterocycles. The van der Waals surface area contributed by atoms with E-state index in [2.05, 4.69) is 5.32 Å². The predicted octanol–water partition coefficient (Wildman–Crippen LogP) is 0.657. The van der Waals surface area contributed by atoms with Crippen molar-refractivity contribution in [2.75, 3.05) is 25.4 Å². The summed E-state index contributed by atoms with van der Waals surface area (Å²) in [6, 6.07) is 3.14. The fourth-order valence-electron chi connectivity index (χ4n) is 1.85. The van der Waals surface area contributed by atoms with Gasteiger partial charge >= 0.3 is 12.0 Å². The number of aromatic carboxylic acids is 1. The lowest BCUT2D eigenvalue weighted by Gasteiger charge is -2.13. The van der Waals surface area contributed by atoms with Crippen LogP contribution in [0.2, 0.25) is 0 Å². The molecule has 1 aliphatic heterocycles. The van der Waals surface area contributed by atoms with Gasteiger partial charge in [0.1, 0.15) is 5.82 Å². The number of rotatable bonds is 5. The number of carboxylic acids is 1. The zero-order valence-electron chi connectivity index (χ0n) is 10.5. The fraction of sp³-hybridized carbons (Fsp3) is 0.333. The van der Waals surface area contributed by atoms with Crippen LogP contribution >= 0.6 is 0 Å². The number of urea groups is 1. The van der Waals surface area contributed by atoms with E-state index < -0.39 is 28.1 Å². The molecule has 2 N–H and O–H groups in total. The molecule has 1 saturated heterocycles. The minimum atomic E-state index is -1.48. The number of hydrogen-bond donors (Lipinski definition) is 2. The molecule has 108 valence electrons. The smallest absolute Gasteiger partial charge is 0.338 e. The maximum atomic E-state index is 13.2. The first kappa shape index (κ1) is 14.4. The highest BCUT2D eigenvalue weighted by molar-refractivity contribution is 7.85. The van der Waals surface area contributed by atoms with E-state index in [0.717, 1.165) is 12.1 Å². The topological polar surface area (TPSA) is 86.7 Å². The second-order valence-corrected chi connectivity index (χ2v) is 5.79. The molecule has 2 rings (SSSR count). The van der Waals surface area contributed by atoms with Gasteiger partial charge in [0.05, 0.1) is 16.4 Å². The molecule has 20 heavy (non-hydrogen) atoms. The van der Waals surface area contributed by atoms with Crippen LogP contribution in [0.15, 0.2) is 23.1 Å². The van der Waals surface area contributed by atoms with E-state index in [9.17, 15) is 18.2 Å². The molecule has 0 radical (unpaired) electrons. The number of nitrogens with one attached hydrogen (secondary N) is 1. The van der Waals surface area contributed by atoms with Gasteiger partial charge < -0.3 is 15.3 Å². The Morgan fingerprint density at radius 2 is 2.25 bits per heavy atom. The summed E-state index contributed by atoms with van der Waals surface area (Å²) in [5.74, 6) is -2.09. The van der Waals surface area contributed by atoms with Crippen molar-refractivity contribution < 1.29 is 23.3 Å². The van der Waals surface area contributed by atoms with Crippen molar-refractivity contribution in [3.63, 3.8) is 0 Å². The lowest BCUT2D eigenvalue weighted by atomic mass is 10.2. The monoisotopic (exact) mass is 300 g/mol. The number of carboxylic acid groups (broad SMARTS) is 1. The van der Waals surface area contributed by atoms with Crippen LogP contribution in [0.5, 0.6) is 0 Å². The van der Waals surface area contributed by atoms with E-state index >= 15 is 0 Å². The molecule has 6 nitrogen and oxygen atoms in total. The van der Waals surface area contributed by atoms with Crippen LogP contribution in [0.4, 0.5) is 9.18 Å². The molecule has 1 aromatic carbocycles. The third-order valence-corrected chi connectivity index (χ3v) is 4.26. The Labute approximate surface area is 117 Å². The van der Waals surface area contributed by atoms with Gasteiger partial charge in [-0.3, -0.25) is 4.21 Å². The zero-order chi connectivity index (χ0) is 14.7. The molecule has 0 saturated carbocycles. The van der Waals surface area contributed by atoms with Crippen molar-refractivity contribution in [1.29, 1.82) is 0 Å². The van der Waals surface area contributed by atoms with Crippen LogP contribution in [0.25, 0.3) is 0 Å². The van der Waals surface area contributed by atoms with Gasteiger partial charge in [-0.25, -0.2) is 14.0 Å². The number of amides is 2. The number of carbonyl (C=O) groups is 2. The molecule has 1 fully saturated rings. The number of carbonyl (C=O) groups excluding carboxylic acids is 1. The largest absolute Gasteiger partial charge is 0.478 e. The molecular weight excluding hydrogens is 287 g/mol. The Hall–Kier alpha value is -1.96. The Morgan fingerprint density at radius 1 is 1.50 bits per heavy atom. The minimum Gasteiger partial charge on any atom is -0.478 e. The second-order valence-electron chi connectivity index (χ2n) is 4.22. The summed E-state index contributed by atoms with van der Waals surface area (Å²) in [4.78, 5) is 23.9. The molecule has 1 aromatic rings. The van der Waals surface area contributed by atoms with Gasteiger partial charge in [-0.05, 0) is 18.2 Å². The van der Waals surface area contributed by atoms with E-state index in [-0.39, 0.29) is 16.7 Å². The molecule has 1 heterocycles. The number of benzene rings is 1. The lowest BCUT2D eigenvalue weighted by molar-refractivity contribution is 0.0691. The van der Waals surface area contributed by atoms with Crippen molar-refractivity contribution in [2.45, 2.75) is 4.90 Å². The highest BCUT2D eigenvalue weighted by atomic mass is 32.2. The normalized spacial score (nSPS) is 16.1. The summed E-state index contributed by atoms with van der Waals surface area (Å²) in [5.41, 5.74) is -0.505. The zero-order valence-corrected chi connectivity index (χ0v) is 11.3. The summed E-state index contributed by atoms with van der Waals surface area (Å²) < 4.78 is 25.3. The molecule has 1 aliphatic rings. The van der Waals surface area contributed by atoms with Gasteiger partial charge in [0.15, 0.2) is 0 Å². The van der Waals surface area contributed by atoms with Crippen LogP contribution in [0, 0.1) is 5.82 Å². The van der Waals surface area contributed by atoms with E-state index in [1.54, 1.807) is 0 Å². The molecule has 0 bridgehead atoms. The summed E-state index contributed by atoms with van der Waals surface area (Å²) >= 11 is 0. The molecule has 0 spiro atoms. The van der Waals surface area contributed by atoms with Gasteiger partial charge in [-0.2, -0.15) is 0 Å². The first-order chi connectivity index (χ1) is 9.49. The van der Waals surface area contributed by atoms with E-state index in [1.165, 1.54) is 11.0 Å². The van der Waals surface area contributed by atoms with Crippen molar-refractivity contribution >= 4 is 22.8 Å². The molecule has 8 heteroatoms. The van der Waals surface area contributed by atoms with Crippen molar-refractivity contribution in [2.24, 2.45) is 0 Å². The Morgan fingerprint density at radius 3 is 2.85 bits per heavy atom. The van der Waals surface area contributed by atoms with E-state index in [4.69, 9.17) is 5.11 Å². The maximum absolute atomic E-state index is 13.2. The van der Waals surface area contributed by atoms with Crippen molar-refractivity contribution in [1.82, 2.24) is 10.2 Å². The van der Waals surface area contributed by atoms with Crippen LogP contribution < -0.4 is 5.32 Å². The summed E-state index contributed by atoms with van der Waals surface area (Å²) in [6.07, 6.45) is 0. The first-order valence-electron chi connectivity index (χ1n) is 5.93. The van der Waals surface area contributed by atoms with Gasteiger partial charge in [0.2, 0.25) is 0 Å². The third kappa shape index (κ3) is 3.13. The predicted molar refractivity (Wildman–Crippen MR) is 69.6 cm³/mol. The van der Waals surface area contributed by atoms with Gasteiger partial charge in [-0.1, -0.05) is 0 Å². The second kappa shape index (κ2) is 6.00. The minimum absolute atomic E-state index is 0.179. The van der Waals surface area contributed by atoms with E-state index in [1.807, 2.05) is 0 Å². The summed E-state index contributed by atoms with van der Waals surface area (Å²) in [5, 5.41) is 11.4. The number of nitrogens with zero attached hydrogens (tertiary/aromatic N) is 1. The number of halogens is 1. The fourth-order valence-corrected chi connectivity index (χ4v) is 2.94. The average molecular weight is 300 g/mol. The van der Waals surface area contributed by atoms with Crippen LogP contribution in [-0.2, 0) is 10.8 Å². The van der Waals surface area contributed by atoms with E-state index in [0.29, 0.717) is 19.6 Å².